The Bertz CT molecular complexity index is 851. The lowest BCUT2D eigenvalue weighted by Gasteiger charge is -2.09. The molecule has 2 aromatic rings. The molecule has 0 aromatic heterocycles. The van der Waals surface area contributed by atoms with Crippen molar-refractivity contribution in [1.29, 1.82) is 0 Å². The number of amides is 2. The van der Waals surface area contributed by atoms with E-state index in [9.17, 15) is 14.4 Å². The zero-order valence-corrected chi connectivity index (χ0v) is 16.7. The second kappa shape index (κ2) is 11.5. The molecule has 0 radical (unpaired) electrons. The van der Waals surface area contributed by atoms with Gasteiger partial charge in [0, 0.05) is 32.0 Å². The molecule has 0 fully saturated rings. The number of hydrogen-bond donors (Lipinski definition) is 2. The average Bonchev–Trinajstić information content (AvgIpc) is 2.71. The molecular weight excluding hydrogens is 372 g/mol. The lowest BCUT2D eigenvalue weighted by atomic mass is 10.1. The van der Waals surface area contributed by atoms with Crippen molar-refractivity contribution in [3.63, 3.8) is 0 Å². The van der Waals surface area contributed by atoms with E-state index in [1.807, 2.05) is 24.3 Å². The highest BCUT2D eigenvalue weighted by Crippen LogP contribution is 2.18. The van der Waals surface area contributed by atoms with E-state index >= 15 is 0 Å². The minimum absolute atomic E-state index is 0.0451. The van der Waals surface area contributed by atoms with E-state index in [0.717, 1.165) is 11.3 Å². The van der Waals surface area contributed by atoms with Crippen LogP contribution in [0.3, 0.4) is 0 Å². The molecule has 0 aliphatic carbocycles. The molecule has 0 bridgehead atoms. The number of carbonyl (C=O) groups excluding carboxylic acids is 3. The molecule has 0 atom stereocenters. The zero-order valence-electron chi connectivity index (χ0n) is 16.7. The number of nitrogens with one attached hydrogen (secondary N) is 2. The monoisotopic (exact) mass is 398 g/mol. The largest absolute Gasteiger partial charge is 0.496 e. The molecule has 0 aliphatic rings. The summed E-state index contributed by atoms with van der Waals surface area (Å²) in [5, 5.41) is 5.62. The molecule has 0 heterocycles. The van der Waals surface area contributed by atoms with Gasteiger partial charge in [-0.1, -0.05) is 24.3 Å². The van der Waals surface area contributed by atoms with Crippen molar-refractivity contribution in [3.8, 4) is 11.5 Å². The number of hydrogen-bond acceptors (Lipinski definition) is 5. The fourth-order valence-electron chi connectivity index (χ4n) is 2.73. The minimum atomic E-state index is -0.441. The van der Waals surface area contributed by atoms with Crippen LogP contribution < -0.4 is 20.1 Å². The average molecular weight is 398 g/mol. The van der Waals surface area contributed by atoms with E-state index in [1.54, 1.807) is 25.3 Å². The second-order valence-electron chi connectivity index (χ2n) is 6.39. The van der Waals surface area contributed by atoms with E-state index < -0.39 is 5.97 Å². The molecule has 2 N–H and O–H groups in total. The topological polar surface area (TPSA) is 93.7 Å². The van der Waals surface area contributed by atoms with Crippen LogP contribution in [-0.4, -0.2) is 38.0 Å². The third-order valence-corrected chi connectivity index (χ3v) is 4.13. The number of benzene rings is 2. The summed E-state index contributed by atoms with van der Waals surface area (Å²) in [5.74, 6) is 0.357. The summed E-state index contributed by atoms with van der Waals surface area (Å²) < 4.78 is 10.2. The Morgan fingerprint density at radius 2 is 1.72 bits per heavy atom. The third-order valence-electron chi connectivity index (χ3n) is 4.13. The van der Waals surface area contributed by atoms with Gasteiger partial charge < -0.3 is 20.1 Å². The summed E-state index contributed by atoms with van der Waals surface area (Å²) in [4.78, 5) is 35.1. The van der Waals surface area contributed by atoms with Crippen molar-refractivity contribution in [2.45, 2.75) is 26.2 Å². The van der Waals surface area contributed by atoms with Gasteiger partial charge in [0.2, 0.25) is 5.91 Å². The molecule has 2 aromatic carbocycles. The van der Waals surface area contributed by atoms with Gasteiger partial charge >= 0.3 is 5.97 Å². The van der Waals surface area contributed by atoms with Crippen LogP contribution in [-0.2, 0) is 16.0 Å². The molecule has 7 heteroatoms. The summed E-state index contributed by atoms with van der Waals surface area (Å²) >= 11 is 0. The Labute approximate surface area is 170 Å². The maximum atomic E-state index is 12.1. The lowest BCUT2D eigenvalue weighted by molar-refractivity contribution is -0.131. The molecule has 0 saturated carbocycles. The molecule has 2 rings (SSSR count). The Kier molecular flexibility index (Phi) is 8.69. The molecular formula is C22H26N2O5. The van der Waals surface area contributed by atoms with Crippen LogP contribution in [0.4, 0.5) is 0 Å². The van der Waals surface area contributed by atoms with Crippen LogP contribution in [0.2, 0.25) is 0 Å². The molecule has 2 amide bonds. The van der Waals surface area contributed by atoms with Crippen LogP contribution in [0.15, 0.2) is 48.5 Å². The van der Waals surface area contributed by atoms with E-state index in [0.29, 0.717) is 43.7 Å². The van der Waals surface area contributed by atoms with Gasteiger partial charge in [0.1, 0.15) is 11.5 Å². The molecule has 154 valence electrons. The SMILES string of the molecule is COc1ccccc1CCC(=O)NCCCNC(=O)c1cccc(OC(C)=O)c1. The van der Waals surface area contributed by atoms with Crippen molar-refractivity contribution in [2.75, 3.05) is 20.2 Å². The van der Waals surface area contributed by atoms with Crippen molar-refractivity contribution < 1.29 is 23.9 Å². The first kappa shape index (κ1) is 21.9. The van der Waals surface area contributed by atoms with Crippen molar-refractivity contribution in [2.24, 2.45) is 0 Å². The first-order valence-corrected chi connectivity index (χ1v) is 9.45. The molecule has 29 heavy (non-hydrogen) atoms. The van der Waals surface area contributed by atoms with Crippen LogP contribution in [0, 0.1) is 0 Å². The summed E-state index contributed by atoms with van der Waals surface area (Å²) in [6, 6.07) is 14.0. The van der Waals surface area contributed by atoms with Crippen LogP contribution >= 0.6 is 0 Å². The molecule has 0 unspecified atom stereocenters. The third kappa shape index (κ3) is 7.65. The Hall–Kier alpha value is -3.35. The Balaban J connectivity index is 1.65. The van der Waals surface area contributed by atoms with Crippen molar-refractivity contribution in [1.82, 2.24) is 10.6 Å². The highest BCUT2D eigenvalue weighted by molar-refractivity contribution is 5.94. The van der Waals surface area contributed by atoms with Crippen LogP contribution in [0.25, 0.3) is 0 Å². The predicted octanol–water partition coefficient (Wildman–Crippen LogP) is 2.49. The number of para-hydroxylation sites is 1. The van der Waals surface area contributed by atoms with Gasteiger partial charge in [-0.05, 0) is 42.7 Å². The fourth-order valence-corrected chi connectivity index (χ4v) is 2.73. The lowest BCUT2D eigenvalue weighted by Crippen LogP contribution is -2.30. The van der Waals surface area contributed by atoms with E-state index in [2.05, 4.69) is 10.6 Å². The number of carbonyl (C=O) groups is 3. The van der Waals surface area contributed by atoms with E-state index in [1.165, 1.54) is 13.0 Å². The summed E-state index contributed by atoms with van der Waals surface area (Å²) in [6.07, 6.45) is 1.58. The van der Waals surface area contributed by atoms with E-state index in [4.69, 9.17) is 9.47 Å². The van der Waals surface area contributed by atoms with Gasteiger partial charge in [0.15, 0.2) is 0 Å². The number of aryl methyl sites for hydroxylation is 1. The summed E-state index contributed by atoms with van der Waals surface area (Å²) in [5.41, 5.74) is 1.40. The second-order valence-corrected chi connectivity index (χ2v) is 6.39. The standard InChI is InChI=1S/C22H26N2O5/c1-16(25)29-19-9-5-8-18(15-19)22(27)24-14-6-13-23-21(26)12-11-17-7-3-4-10-20(17)28-2/h3-5,7-10,15H,6,11-14H2,1-2H3,(H,23,26)(H,24,27). The van der Waals surface area contributed by atoms with Gasteiger partial charge in [0.05, 0.1) is 7.11 Å². The normalized spacial score (nSPS) is 10.1. The highest BCUT2D eigenvalue weighted by atomic mass is 16.5. The number of esters is 1. The highest BCUT2D eigenvalue weighted by Gasteiger charge is 2.08. The minimum Gasteiger partial charge on any atom is -0.496 e. The first-order valence-electron chi connectivity index (χ1n) is 9.45. The summed E-state index contributed by atoms with van der Waals surface area (Å²) in [7, 11) is 1.61. The van der Waals surface area contributed by atoms with Crippen LogP contribution in [0.1, 0.15) is 35.7 Å². The molecule has 0 aliphatic heterocycles. The molecule has 0 saturated heterocycles. The number of methoxy groups -OCH3 is 1. The zero-order chi connectivity index (χ0) is 21.1. The predicted molar refractivity (Wildman–Crippen MR) is 109 cm³/mol. The van der Waals surface area contributed by atoms with Crippen molar-refractivity contribution in [3.05, 3.63) is 59.7 Å². The van der Waals surface area contributed by atoms with E-state index in [-0.39, 0.29) is 11.8 Å². The Morgan fingerprint density at radius 3 is 2.48 bits per heavy atom. The van der Waals surface area contributed by atoms with Gasteiger partial charge in [-0.2, -0.15) is 0 Å². The Morgan fingerprint density at radius 1 is 0.966 bits per heavy atom. The fraction of sp³-hybridized carbons (Fsp3) is 0.318. The quantitative estimate of drug-likeness (QED) is 0.364. The number of rotatable bonds is 10. The van der Waals surface area contributed by atoms with Gasteiger partial charge in [-0.25, -0.2) is 0 Å². The van der Waals surface area contributed by atoms with Gasteiger partial charge in [-0.3, -0.25) is 14.4 Å². The molecule has 0 spiro atoms. The van der Waals surface area contributed by atoms with Gasteiger partial charge in [-0.15, -0.1) is 0 Å². The van der Waals surface area contributed by atoms with Crippen molar-refractivity contribution >= 4 is 17.8 Å². The first-order chi connectivity index (χ1) is 14.0. The smallest absolute Gasteiger partial charge is 0.308 e. The molecule has 7 nitrogen and oxygen atoms in total. The maximum Gasteiger partial charge on any atom is 0.308 e. The maximum absolute atomic E-state index is 12.1. The number of ether oxygens (including phenoxy) is 2. The van der Waals surface area contributed by atoms with Gasteiger partial charge in [0.25, 0.3) is 5.91 Å². The summed E-state index contributed by atoms with van der Waals surface area (Å²) in [6.45, 7) is 2.19. The van der Waals surface area contributed by atoms with Crippen LogP contribution in [0.5, 0.6) is 11.5 Å².